The molecule has 0 radical (unpaired) electrons. The van der Waals surface area contributed by atoms with E-state index in [0.717, 1.165) is 14.5 Å². The number of hydrogen-bond acceptors (Lipinski definition) is 2. The number of anilines is 1. The molecule has 0 atom stereocenters. The van der Waals surface area contributed by atoms with Crippen molar-refractivity contribution in [1.82, 2.24) is 0 Å². The monoisotopic (exact) mass is 355 g/mol. The summed E-state index contributed by atoms with van der Waals surface area (Å²) >= 11 is 6.79. The van der Waals surface area contributed by atoms with Crippen LogP contribution >= 0.6 is 31.9 Å². The average Bonchev–Trinajstić information content (AvgIpc) is 2.32. The Balaban J connectivity index is 2.07. The highest BCUT2D eigenvalue weighted by molar-refractivity contribution is 9.10. The third-order valence-corrected chi connectivity index (χ3v) is 3.31. The Morgan fingerprint density at radius 3 is 2.29 bits per heavy atom. The lowest BCUT2D eigenvalue weighted by Gasteiger charge is -2.09. The van der Waals surface area contributed by atoms with Crippen LogP contribution in [0.15, 0.2) is 51.4 Å². The summed E-state index contributed by atoms with van der Waals surface area (Å²) < 4.78 is 7.69. The summed E-state index contributed by atoms with van der Waals surface area (Å²) in [5, 5.41) is 0. The molecule has 0 aliphatic heterocycles. The maximum atomic E-state index is 5.82. The van der Waals surface area contributed by atoms with Crippen molar-refractivity contribution in [3.63, 3.8) is 0 Å². The van der Waals surface area contributed by atoms with Crippen LogP contribution in [0.3, 0.4) is 0 Å². The summed E-state index contributed by atoms with van der Waals surface area (Å²) in [5.74, 6) is 0.697. The van der Waals surface area contributed by atoms with Crippen molar-refractivity contribution in [2.45, 2.75) is 6.61 Å². The number of ether oxygens (including phenoxy) is 1. The van der Waals surface area contributed by atoms with Gasteiger partial charge in [0.2, 0.25) is 0 Å². The van der Waals surface area contributed by atoms with E-state index in [4.69, 9.17) is 10.5 Å². The van der Waals surface area contributed by atoms with E-state index in [0.29, 0.717) is 18.0 Å². The largest absolute Gasteiger partial charge is 0.487 e. The van der Waals surface area contributed by atoms with Crippen LogP contribution in [0.4, 0.5) is 5.69 Å². The Labute approximate surface area is 117 Å². The minimum absolute atomic E-state index is 0.508. The van der Waals surface area contributed by atoms with Gasteiger partial charge in [-0.05, 0) is 35.9 Å². The van der Waals surface area contributed by atoms with Gasteiger partial charge < -0.3 is 10.5 Å². The van der Waals surface area contributed by atoms with Gasteiger partial charge in [-0.15, -0.1) is 0 Å². The Morgan fingerprint density at radius 1 is 0.941 bits per heavy atom. The molecule has 2 nitrogen and oxygen atoms in total. The molecule has 0 aromatic heterocycles. The number of nitrogens with two attached hydrogens (primary N) is 1. The minimum atomic E-state index is 0.508. The SMILES string of the molecule is Nc1ccc(Br)cc1OCc1ccc(Br)cc1. The van der Waals surface area contributed by atoms with Crippen molar-refractivity contribution >= 4 is 37.5 Å². The highest BCUT2D eigenvalue weighted by atomic mass is 79.9. The minimum Gasteiger partial charge on any atom is -0.487 e. The van der Waals surface area contributed by atoms with Gasteiger partial charge in [0.05, 0.1) is 5.69 Å². The Hall–Kier alpha value is -1.00. The van der Waals surface area contributed by atoms with E-state index in [9.17, 15) is 0 Å². The normalized spacial score (nSPS) is 10.2. The molecule has 17 heavy (non-hydrogen) atoms. The first-order valence-electron chi connectivity index (χ1n) is 5.07. The highest BCUT2D eigenvalue weighted by Gasteiger charge is 2.01. The van der Waals surface area contributed by atoms with E-state index in [1.807, 2.05) is 42.5 Å². The fraction of sp³-hybridized carbons (Fsp3) is 0.0769. The van der Waals surface area contributed by atoms with Gasteiger partial charge >= 0.3 is 0 Å². The molecule has 4 heteroatoms. The predicted molar refractivity (Wildman–Crippen MR) is 77.0 cm³/mol. The van der Waals surface area contributed by atoms with E-state index >= 15 is 0 Å². The van der Waals surface area contributed by atoms with Crippen molar-refractivity contribution in [2.75, 3.05) is 5.73 Å². The van der Waals surface area contributed by atoms with E-state index < -0.39 is 0 Å². The Bertz CT molecular complexity index is 511. The summed E-state index contributed by atoms with van der Waals surface area (Å²) in [4.78, 5) is 0. The van der Waals surface area contributed by atoms with Crippen LogP contribution in [0.1, 0.15) is 5.56 Å². The first-order valence-corrected chi connectivity index (χ1v) is 6.66. The van der Waals surface area contributed by atoms with Crippen LogP contribution < -0.4 is 10.5 Å². The molecule has 0 spiro atoms. The van der Waals surface area contributed by atoms with Crippen LogP contribution in [0.25, 0.3) is 0 Å². The average molecular weight is 357 g/mol. The van der Waals surface area contributed by atoms with Gasteiger partial charge in [0.15, 0.2) is 0 Å². The quantitative estimate of drug-likeness (QED) is 0.828. The molecule has 0 fully saturated rings. The van der Waals surface area contributed by atoms with Gasteiger partial charge in [-0.25, -0.2) is 0 Å². The zero-order chi connectivity index (χ0) is 12.3. The molecule has 0 aliphatic carbocycles. The van der Waals surface area contributed by atoms with Crippen molar-refractivity contribution in [3.05, 3.63) is 57.0 Å². The van der Waals surface area contributed by atoms with E-state index in [1.54, 1.807) is 0 Å². The van der Waals surface area contributed by atoms with Crippen molar-refractivity contribution in [2.24, 2.45) is 0 Å². The molecular weight excluding hydrogens is 346 g/mol. The molecular formula is C13H11Br2NO. The van der Waals surface area contributed by atoms with Gasteiger partial charge in [0.25, 0.3) is 0 Å². The van der Waals surface area contributed by atoms with Gasteiger partial charge in [-0.3, -0.25) is 0 Å². The third-order valence-electron chi connectivity index (χ3n) is 2.28. The van der Waals surface area contributed by atoms with Gasteiger partial charge in [0.1, 0.15) is 12.4 Å². The molecule has 0 amide bonds. The van der Waals surface area contributed by atoms with Crippen molar-refractivity contribution < 1.29 is 4.74 Å². The second-order valence-electron chi connectivity index (χ2n) is 3.60. The van der Waals surface area contributed by atoms with Crippen molar-refractivity contribution in [3.8, 4) is 5.75 Å². The molecule has 0 saturated heterocycles. The predicted octanol–water partition coefficient (Wildman–Crippen LogP) is 4.37. The zero-order valence-electron chi connectivity index (χ0n) is 8.99. The van der Waals surface area contributed by atoms with Gasteiger partial charge in [-0.1, -0.05) is 44.0 Å². The highest BCUT2D eigenvalue weighted by Crippen LogP contribution is 2.26. The number of halogens is 2. The molecule has 2 aromatic rings. The third kappa shape index (κ3) is 3.48. The van der Waals surface area contributed by atoms with E-state index in [2.05, 4.69) is 31.9 Å². The molecule has 0 heterocycles. The lowest BCUT2D eigenvalue weighted by molar-refractivity contribution is 0.308. The molecule has 0 bridgehead atoms. The fourth-order valence-electron chi connectivity index (χ4n) is 1.37. The number of benzene rings is 2. The number of nitrogen functional groups attached to an aromatic ring is 1. The van der Waals surface area contributed by atoms with Crippen LogP contribution in [0, 0.1) is 0 Å². The molecule has 2 aromatic carbocycles. The molecule has 0 unspecified atom stereocenters. The van der Waals surface area contributed by atoms with Crippen LogP contribution in [0.5, 0.6) is 5.75 Å². The molecule has 2 N–H and O–H groups in total. The lowest BCUT2D eigenvalue weighted by atomic mass is 10.2. The summed E-state index contributed by atoms with van der Waals surface area (Å²) in [6, 6.07) is 13.6. The molecule has 88 valence electrons. The maximum absolute atomic E-state index is 5.82. The van der Waals surface area contributed by atoms with E-state index in [1.165, 1.54) is 0 Å². The maximum Gasteiger partial charge on any atom is 0.143 e. The summed E-state index contributed by atoms with van der Waals surface area (Å²) in [6.45, 7) is 0.508. The van der Waals surface area contributed by atoms with Crippen LogP contribution in [-0.2, 0) is 6.61 Å². The van der Waals surface area contributed by atoms with Gasteiger partial charge in [-0.2, -0.15) is 0 Å². The van der Waals surface area contributed by atoms with Gasteiger partial charge in [0, 0.05) is 8.95 Å². The van der Waals surface area contributed by atoms with Crippen LogP contribution in [-0.4, -0.2) is 0 Å². The molecule has 0 aliphatic rings. The summed E-state index contributed by atoms with van der Waals surface area (Å²) in [5.41, 5.74) is 7.57. The second kappa shape index (κ2) is 5.56. The molecule has 2 rings (SSSR count). The summed E-state index contributed by atoms with van der Waals surface area (Å²) in [6.07, 6.45) is 0. The lowest BCUT2D eigenvalue weighted by Crippen LogP contribution is -1.98. The topological polar surface area (TPSA) is 35.2 Å². The number of rotatable bonds is 3. The standard InChI is InChI=1S/C13H11Br2NO/c14-10-3-1-9(2-4-10)8-17-13-7-11(15)5-6-12(13)16/h1-7H,8,16H2. The Kier molecular flexibility index (Phi) is 4.07. The Morgan fingerprint density at radius 2 is 1.59 bits per heavy atom. The molecule has 0 saturated carbocycles. The fourth-order valence-corrected chi connectivity index (χ4v) is 1.98. The number of hydrogen-bond donors (Lipinski definition) is 1. The van der Waals surface area contributed by atoms with Crippen LogP contribution in [0.2, 0.25) is 0 Å². The zero-order valence-corrected chi connectivity index (χ0v) is 12.2. The second-order valence-corrected chi connectivity index (χ2v) is 5.43. The first kappa shape index (κ1) is 12.5. The smallest absolute Gasteiger partial charge is 0.143 e. The van der Waals surface area contributed by atoms with Crippen molar-refractivity contribution in [1.29, 1.82) is 0 Å². The first-order chi connectivity index (χ1) is 8.15. The summed E-state index contributed by atoms with van der Waals surface area (Å²) in [7, 11) is 0. The van der Waals surface area contributed by atoms with E-state index in [-0.39, 0.29) is 0 Å².